The first-order valence-corrected chi connectivity index (χ1v) is 7.47. The van der Waals surface area contributed by atoms with E-state index in [0.29, 0.717) is 22.5 Å². The van der Waals surface area contributed by atoms with Gasteiger partial charge in [-0.25, -0.2) is 4.39 Å². The number of hydrogen-bond donors (Lipinski definition) is 1. The van der Waals surface area contributed by atoms with E-state index in [2.05, 4.69) is 23.3 Å². The van der Waals surface area contributed by atoms with Crippen LogP contribution in [0.4, 0.5) is 15.8 Å². The molecule has 0 aliphatic rings. The zero-order valence-corrected chi connectivity index (χ0v) is 14.2. The molecule has 0 amide bonds. The molecule has 0 bridgehead atoms. The Bertz CT molecular complexity index is 932. The lowest BCUT2D eigenvalue weighted by Gasteiger charge is -2.13. The summed E-state index contributed by atoms with van der Waals surface area (Å²) in [5, 5.41) is 13.4. The largest absolute Gasteiger partial charge is 0.354 e. The SMILES string of the molecule is CCc1ccc2ncc(C#N)c(Nc3ccc(C)c(F)c3)c2c1.Cl. The van der Waals surface area contributed by atoms with Crippen LogP contribution in [-0.2, 0) is 6.42 Å². The number of hydrogen-bond acceptors (Lipinski definition) is 3. The van der Waals surface area contributed by atoms with Gasteiger partial charge in [-0.05, 0) is 48.7 Å². The number of nitrogens with one attached hydrogen (secondary N) is 1. The second-order valence-corrected chi connectivity index (χ2v) is 5.45. The average molecular weight is 342 g/mol. The molecule has 1 N–H and O–H groups in total. The van der Waals surface area contributed by atoms with E-state index in [0.717, 1.165) is 22.9 Å². The molecule has 3 rings (SSSR count). The summed E-state index contributed by atoms with van der Waals surface area (Å²) in [6, 6.07) is 13.1. The maximum Gasteiger partial charge on any atom is 0.128 e. The first-order chi connectivity index (χ1) is 11.1. The summed E-state index contributed by atoms with van der Waals surface area (Å²) in [5.74, 6) is -0.277. The van der Waals surface area contributed by atoms with Crippen molar-refractivity contribution in [2.45, 2.75) is 20.3 Å². The van der Waals surface area contributed by atoms with E-state index in [1.165, 1.54) is 6.07 Å². The first kappa shape index (κ1) is 17.7. The maximum atomic E-state index is 13.8. The molecule has 5 heteroatoms. The van der Waals surface area contributed by atoms with Gasteiger partial charge in [0.15, 0.2) is 0 Å². The average Bonchev–Trinajstić information content (AvgIpc) is 2.58. The Kier molecular flexibility index (Phi) is 5.38. The summed E-state index contributed by atoms with van der Waals surface area (Å²) in [6.07, 6.45) is 2.44. The minimum Gasteiger partial charge on any atom is -0.354 e. The molecule has 0 aliphatic carbocycles. The molecule has 2 aromatic carbocycles. The van der Waals surface area contributed by atoms with Crippen molar-refractivity contribution in [3.8, 4) is 6.07 Å². The molecule has 0 radical (unpaired) electrons. The quantitative estimate of drug-likeness (QED) is 0.704. The number of nitriles is 1. The topological polar surface area (TPSA) is 48.7 Å². The normalized spacial score (nSPS) is 10.1. The van der Waals surface area contributed by atoms with Crippen molar-refractivity contribution in [3.05, 3.63) is 65.1 Å². The van der Waals surface area contributed by atoms with E-state index in [-0.39, 0.29) is 18.2 Å². The maximum absolute atomic E-state index is 13.8. The van der Waals surface area contributed by atoms with E-state index in [9.17, 15) is 9.65 Å². The summed E-state index contributed by atoms with van der Waals surface area (Å²) in [5.41, 5.74) is 4.26. The van der Waals surface area contributed by atoms with E-state index in [4.69, 9.17) is 0 Å². The molecule has 0 aliphatic heterocycles. The monoisotopic (exact) mass is 341 g/mol. The lowest BCUT2D eigenvalue weighted by atomic mass is 10.0. The number of nitrogens with zero attached hydrogens (tertiary/aromatic N) is 2. The van der Waals surface area contributed by atoms with Crippen LogP contribution in [0.2, 0.25) is 0 Å². The third-order valence-electron chi connectivity index (χ3n) is 3.90. The van der Waals surface area contributed by atoms with Crippen molar-refractivity contribution in [1.82, 2.24) is 4.98 Å². The van der Waals surface area contributed by atoms with Gasteiger partial charge in [-0.1, -0.05) is 19.1 Å². The molecule has 1 aromatic heterocycles. The van der Waals surface area contributed by atoms with Crippen molar-refractivity contribution in [2.24, 2.45) is 0 Å². The number of fused-ring (bicyclic) bond motifs is 1. The van der Waals surface area contributed by atoms with Crippen LogP contribution in [0.15, 0.2) is 42.6 Å². The van der Waals surface area contributed by atoms with Gasteiger partial charge in [0.25, 0.3) is 0 Å². The Morgan fingerprint density at radius 3 is 2.67 bits per heavy atom. The minimum atomic E-state index is -0.277. The van der Waals surface area contributed by atoms with Gasteiger partial charge in [0.1, 0.15) is 11.9 Å². The molecule has 3 aromatic rings. The van der Waals surface area contributed by atoms with Gasteiger partial charge in [0.2, 0.25) is 0 Å². The molecule has 1 heterocycles. The highest BCUT2D eigenvalue weighted by Crippen LogP contribution is 2.30. The summed E-state index contributed by atoms with van der Waals surface area (Å²) in [6.45, 7) is 3.79. The Morgan fingerprint density at radius 1 is 1.21 bits per heavy atom. The highest BCUT2D eigenvalue weighted by atomic mass is 35.5. The van der Waals surface area contributed by atoms with Crippen molar-refractivity contribution in [2.75, 3.05) is 5.32 Å². The molecule has 0 saturated heterocycles. The fraction of sp³-hybridized carbons (Fsp3) is 0.158. The molecule has 0 atom stereocenters. The second-order valence-electron chi connectivity index (χ2n) is 5.45. The van der Waals surface area contributed by atoms with Gasteiger partial charge in [-0.15, -0.1) is 12.4 Å². The van der Waals surface area contributed by atoms with Crippen molar-refractivity contribution in [3.63, 3.8) is 0 Å². The number of rotatable bonds is 3. The van der Waals surface area contributed by atoms with Gasteiger partial charge >= 0.3 is 0 Å². The van der Waals surface area contributed by atoms with Crippen LogP contribution in [0, 0.1) is 24.1 Å². The predicted molar refractivity (Wildman–Crippen MR) is 97.5 cm³/mol. The van der Waals surface area contributed by atoms with Gasteiger partial charge in [0, 0.05) is 17.3 Å². The molecular formula is C19H17ClFN3. The lowest BCUT2D eigenvalue weighted by molar-refractivity contribution is 0.619. The third kappa shape index (κ3) is 3.32. The smallest absolute Gasteiger partial charge is 0.128 e. The third-order valence-corrected chi connectivity index (χ3v) is 3.90. The minimum absolute atomic E-state index is 0. The molecule has 3 nitrogen and oxygen atoms in total. The zero-order chi connectivity index (χ0) is 16.4. The molecular weight excluding hydrogens is 325 g/mol. The van der Waals surface area contributed by atoms with Crippen LogP contribution in [-0.4, -0.2) is 4.98 Å². The van der Waals surface area contributed by atoms with Gasteiger partial charge in [0.05, 0.1) is 16.8 Å². The van der Waals surface area contributed by atoms with Crippen LogP contribution in [0.1, 0.15) is 23.6 Å². The van der Waals surface area contributed by atoms with E-state index < -0.39 is 0 Å². The molecule has 122 valence electrons. The van der Waals surface area contributed by atoms with E-state index in [1.807, 2.05) is 18.2 Å². The standard InChI is InChI=1S/C19H16FN3.ClH/c1-3-13-5-7-18-16(8-13)19(14(10-21)11-22-18)23-15-6-4-12(2)17(20)9-15;/h4-9,11H,3H2,1-2H3,(H,22,23);1H. The van der Waals surface area contributed by atoms with Crippen LogP contribution < -0.4 is 5.32 Å². The van der Waals surface area contributed by atoms with Gasteiger partial charge in [-0.2, -0.15) is 5.26 Å². The second kappa shape index (κ2) is 7.29. The number of benzene rings is 2. The van der Waals surface area contributed by atoms with Gasteiger partial charge < -0.3 is 5.32 Å². The Labute approximate surface area is 146 Å². The van der Waals surface area contributed by atoms with Crippen molar-refractivity contribution in [1.29, 1.82) is 5.26 Å². The lowest BCUT2D eigenvalue weighted by Crippen LogP contribution is -1.98. The highest BCUT2D eigenvalue weighted by Gasteiger charge is 2.10. The first-order valence-electron chi connectivity index (χ1n) is 7.47. The van der Waals surface area contributed by atoms with E-state index >= 15 is 0 Å². The number of halogens is 2. The number of aryl methyl sites for hydroxylation is 2. The summed E-state index contributed by atoms with van der Waals surface area (Å²) < 4.78 is 13.8. The van der Waals surface area contributed by atoms with Crippen LogP contribution in [0.5, 0.6) is 0 Å². The molecule has 24 heavy (non-hydrogen) atoms. The Balaban J connectivity index is 0.00000208. The summed E-state index contributed by atoms with van der Waals surface area (Å²) in [4.78, 5) is 4.32. The molecule has 0 saturated carbocycles. The van der Waals surface area contributed by atoms with Crippen LogP contribution >= 0.6 is 12.4 Å². The summed E-state index contributed by atoms with van der Waals surface area (Å²) >= 11 is 0. The Hall–Kier alpha value is -2.64. The zero-order valence-electron chi connectivity index (χ0n) is 13.4. The molecule has 0 unspecified atom stereocenters. The van der Waals surface area contributed by atoms with Crippen LogP contribution in [0.25, 0.3) is 10.9 Å². The van der Waals surface area contributed by atoms with Crippen molar-refractivity contribution < 1.29 is 4.39 Å². The fourth-order valence-corrected chi connectivity index (χ4v) is 2.49. The van der Waals surface area contributed by atoms with Crippen molar-refractivity contribution >= 4 is 34.7 Å². The number of pyridine rings is 1. The highest BCUT2D eigenvalue weighted by molar-refractivity contribution is 5.96. The fourth-order valence-electron chi connectivity index (χ4n) is 2.49. The molecule has 0 spiro atoms. The van der Waals surface area contributed by atoms with Gasteiger partial charge in [-0.3, -0.25) is 4.98 Å². The molecule has 0 fully saturated rings. The van der Waals surface area contributed by atoms with Crippen LogP contribution in [0.3, 0.4) is 0 Å². The predicted octanol–water partition coefficient (Wildman–Crippen LogP) is 5.28. The van der Waals surface area contributed by atoms with E-state index in [1.54, 1.807) is 25.3 Å². The summed E-state index contributed by atoms with van der Waals surface area (Å²) in [7, 11) is 0. The number of anilines is 2. The number of aromatic nitrogens is 1. The Morgan fingerprint density at radius 2 is 2.00 bits per heavy atom.